The predicted molar refractivity (Wildman–Crippen MR) is 91.6 cm³/mol. The molecule has 0 aliphatic carbocycles. The van der Waals surface area contributed by atoms with Crippen molar-refractivity contribution in [2.45, 2.75) is 25.0 Å². The topological polar surface area (TPSA) is 88.9 Å². The average molecular weight is 369 g/mol. The van der Waals surface area contributed by atoms with Gasteiger partial charge < -0.3 is 14.2 Å². The van der Waals surface area contributed by atoms with Gasteiger partial charge in [-0.05, 0) is 18.9 Å². The van der Waals surface area contributed by atoms with Gasteiger partial charge in [-0.1, -0.05) is 6.07 Å². The molecule has 0 radical (unpaired) electrons. The summed E-state index contributed by atoms with van der Waals surface area (Å²) >= 11 is 0. The molecule has 0 bridgehead atoms. The number of nitrogens with zero attached hydrogens (tertiary/aromatic N) is 3. The fourth-order valence-corrected chi connectivity index (χ4v) is 4.27. The first-order valence-electron chi connectivity index (χ1n) is 8.31. The Morgan fingerprint density at radius 3 is 2.60 bits per heavy atom. The van der Waals surface area contributed by atoms with E-state index < -0.39 is 15.6 Å². The first-order valence-corrected chi connectivity index (χ1v) is 10.2. The number of ether oxygens (including phenoxy) is 1. The van der Waals surface area contributed by atoms with Crippen molar-refractivity contribution in [3.05, 3.63) is 34.7 Å². The van der Waals surface area contributed by atoms with E-state index in [0.29, 0.717) is 45.6 Å². The lowest BCUT2D eigenvalue weighted by atomic mass is 9.90. The third-order valence-electron chi connectivity index (χ3n) is 4.91. The summed E-state index contributed by atoms with van der Waals surface area (Å²) < 4.78 is 32.3. The minimum atomic E-state index is -3.24. The summed E-state index contributed by atoms with van der Waals surface area (Å²) in [7, 11) is -3.24. The molecule has 0 unspecified atom stereocenters. The van der Waals surface area contributed by atoms with Gasteiger partial charge in [0.05, 0.1) is 18.5 Å². The normalized spacial score (nSPS) is 21.4. The molecule has 8 nitrogen and oxygen atoms in total. The first kappa shape index (κ1) is 18.1. The lowest BCUT2D eigenvalue weighted by molar-refractivity contribution is -0.145. The maximum atomic E-state index is 12.4. The highest BCUT2D eigenvalue weighted by molar-refractivity contribution is 7.88. The van der Waals surface area contributed by atoms with Crippen molar-refractivity contribution < 1.29 is 17.9 Å². The first-order chi connectivity index (χ1) is 11.8. The van der Waals surface area contributed by atoms with Crippen molar-refractivity contribution >= 4 is 15.9 Å². The molecule has 3 heterocycles. The maximum Gasteiger partial charge on any atom is 0.250 e. The van der Waals surface area contributed by atoms with Crippen molar-refractivity contribution in [2.75, 3.05) is 39.0 Å². The van der Waals surface area contributed by atoms with Gasteiger partial charge in [-0.3, -0.25) is 9.59 Å². The molecule has 2 aliphatic rings. The van der Waals surface area contributed by atoms with Crippen LogP contribution >= 0.6 is 0 Å². The molecule has 0 atom stereocenters. The van der Waals surface area contributed by atoms with Crippen LogP contribution in [0.15, 0.2) is 29.2 Å². The molecule has 1 aromatic heterocycles. The van der Waals surface area contributed by atoms with Crippen molar-refractivity contribution in [3.63, 3.8) is 0 Å². The molecule has 9 heteroatoms. The third-order valence-corrected chi connectivity index (χ3v) is 6.16. The van der Waals surface area contributed by atoms with E-state index in [1.807, 2.05) is 0 Å². The van der Waals surface area contributed by atoms with Gasteiger partial charge in [0.1, 0.15) is 6.54 Å². The van der Waals surface area contributed by atoms with E-state index in [1.54, 1.807) is 23.2 Å². The summed E-state index contributed by atoms with van der Waals surface area (Å²) in [6, 6.07) is 4.78. The monoisotopic (exact) mass is 369 g/mol. The van der Waals surface area contributed by atoms with Crippen LogP contribution in [0.25, 0.3) is 0 Å². The van der Waals surface area contributed by atoms with E-state index >= 15 is 0 Å². The highest BCUT2D eigenvalue weighted by Gasteiger charge is 2.42. The number of amides is 1. The van der Waals surface area contributed by atoms with Crippen molar-refractivity contribution in [3.8, 4) is 0 Å². The van der Waals surface area contributed by atoms with Crippen LogP contribution in [0.5, 0.6) is 0 Å². The van der Waals surface area contributed by atoms with Gasteiger partial charge in [0.25, 0.3) is 5.56 Å². The number of pyridine rings is 1. The number of aromatic nitrogens is 1. The second-order valence-corrected chi connectivity index (χ2v) is 8.66. The standard InChI is InChI=1S/C16H23N3O5S/c1-25(22,23)19-10-11-24-16(13-19)5-8-17(9-6-16)15(21)12-18-7-3-2-4-14(18)20/h2-4,7H,5-6,8-13H2,1H3. The molecule has 3 rings (SSSR count). The molecule has 138 valence electrons. The quantitative estimate of drug-likeness (QED) is 0.717. The summed E-state index contributed by atoms with van der Waals surface area (Å²) in [6.45, 7) is 2.10. The van der Waals surface area contributed by atoms with Crippen molar-refractivity contribution in [1.82, 2.24) is 13.8 Å². The number of carbonyl (C=O) groups is 1. The second kappa shape index (κ2) is 6.89. The Labute approximate surface area is 147 Å². The maximum absolute atomic E-state index is 12.4. The molecule has 2 aliphatic heterocycles. The minimum absolute atomic E-state index is 0.0169. The van der Waals surface area contributed by atoms with Gasteiger partial charge in [-0.15, -0.1) is 0 Å². The fraction of sp³-hybridized carbons (Fsp3) is 0.625. The van der Waals surface area contributed by atoms with E-state index in [1.165, 1.54) is 21.2 Å². The van der Waals surface area contributed by atoms with Gasteiger partial charge in [0.2, 0.25) is 15.9 Å². The van der Waals surface area contributed by atoms with Crippen molar-refractivity contribution in [1.29, 1.82) is 0 Å². The lowest BCUT2D eigenvalue weighted by Crippen LogP contribution is -2.58. The van der Waals surface area contributed by atoms with Crippen molar-refractivity contribution in [2.24, 2.45) is 0 Å². The molecular weight excluding hydrogens is 346 g/mol. The largest absolute Gasteiger partial charge is 0.372 e. The van der Waals surface area contributed by atoms with E-state index in [9.17, 15) is 18.0 Å². The van der Waals surface area contributed by atoms with Gasteiger partial charge in [-0.25, -0.2) is 8.42 Å². The van der Waals surface area contributed by atoms with Crippen LogP contribution in [0.1, 0.15) is 12.8 Å². The number of likely N-dealkylation sites (tertiary alicyclic amines) is 1. The zero-order chi connectivity index (χ0) is 18.1. The summed E-state index contributed by atoms with van der Waals surface area (Å²) in [6.07, 6.45) is 3.99. The van der Waals surface area contributed by atoms with Crippen LogP contribution < -0.4 is 5.56 Å². The summed E-state index contributed by atoms with van der Waals surface area (Å²) in [5, 5.41) is 0. The summed E-state index contributed by atoms with van der Waals surface area (Å²) in [4.78, 5) is 25.9. The lowest BCUT2D eigenvalue weighted by Gasteiger charge is -2.46. The number of hydrogen-bond donors (Lipinski definition) is 0. The van der Waals surface area contributed by atoms with Crippen LogP contribution in [0.2, 0.25) is 0 Å². The smallest absolute Gasteiger partial charge is 0.250 e. The van der Waals surface area contributed by atoms with Crippen LogP contribution in [-0.4, -0.2) is 72.7 Å². The molecule has 1 spiro atoms. The minimum Gasteiger partial charge on any atom is -0.372 e. The Morgan fingerprint density at radius 2 is 1.96 bits per heavy atom. The average Bonchev–Trinajstić information content (AvgIpc) is 2.57. The Kier molecular flexibility index (Phi) is 4.99. The summed E-state index contributed by atoms with van der Waals surface area (Å²) in [5.41, 5.74) is -0.717. The highest BCUT2D eigenvalue weighted by Crippen LogP contribution is 2.31. The second-order valence-electron chi connectivity index (χ2n) is 6.68. The van der Waals surface area contributed by atoms with Gasteiger partial charge in [0.15, 0.2) is 0 Å². The zero-order valence-corrected chi connectivity index (χ0v) is 15.1. The van der Waals surface area contributed by atoms with E-state index in [0.717, 1.165) is 0 Å². The number of morpholine rings is 1. The number of sulfonamides is 1. The molecule has 1 aromatic rings. The van der Waals surface area contributed by atoms with Crippen LogP contribution in [0, 0.1) is 0 Å². The number of hydrogen-bond acceptors (Lipinski definition) is 5. The predicted octanol–water partition coefficient (Wildman–Crippen LogP) is -0.499. The Hall–Kier alpha value is -1.71. The molecule has 0 aromatic carbocycles. The van der Waals surface area contributed by atoms with Crippen LogP contribution in [0.4, 0.5) is 0 Å². The molecule has 2 saturated heterocycles. The molecule has 0 N–H and O–H groups in total. The Morgan fingerprint density at radius 1 is 1.24 bits per heavy atom. The van der Waals surface area contributed by atoms with E-state index in [2.05, 4.69) is 0 Å². The zero-order valence-electron chi connectivity index (χ0n) is 14.3. The Bertz CT molecular complexity index is 796. The molecule has 1 amide bonds. The SMILES string of the molecule is CS(=O)(=O)N1CCOC2(CCN(C(=O)Cn3ccccc3=O)CC2)C1. The number of carbonyl (C=O) groups excluding carboxylic acids is 1. The molecule has 2 fully saturated rings. The molecular formula is C16H23N3O5S. The summed E-state index contributed by atoms with van der Waals surface area (Å²) in [5.74, 6) is -0.112. The fourth-order valence-electron chi connectivity index (χ4n) is 3.40. The Balaban J connectivity index is 1.61. The molecule has 0 saturated carbocycles. The highest BCUT2D eigenvalue weighted by atomic mass is 32.2. The number of rotatable bonds is 3. The van der Waals surface area contributed by atoms with Gasteiger partial charge >= 0.3 is 0 Å². The third kappa shape index (κ3) is 4.10. The van der Waals surface area contributed by atoms with E-state index in [4.69, 9.17) is 4.74 Å². The van der Waals surface area contributed by atoms with Gasteiger partial charge in [0, 0.05) is 38.4 Å². The van der Waals surface area contributed by atoms with Crippen LogP contribution in [0.3, 0.4) is 0 Å². The molecule has 25 heavy (non-hydrogen) atoms. The van der Waals surface area contributed by atoms with Crippen LogP contribution in [-0.2, 0) is 26.1 Å². The van der Waals surface area contributed by atoms with Gasteiger partial charge in [-0.2, -0.15) is 4.31 Å². The number of piperidine rings is 1. The van der Waals surface area contributed by atoms with E-state index in [-0.39, 0.29) is 18.0 Å².